The average molecular weight is 404 g/mol. The van der Waals surface area contributed by atoms with Crippen molar-refractivity contribution in [2.75, 3.05) is 6.54 Å². The molecule has 0 bridgehead atoms. The van der Waals surface area contributed by atoms with Gasteiger partial charge in [0.1, 0.15) is 5.75 Å². The highest BCUT2D eigenvalue weighted by atomic mass is 35.5. The lowest BCUT2D eigenvalue weighted by Gasteiger charge is -2.08. The van der Waals surface area contributed by atoms with Gasteiger partial charge in [-0.3, -0.25) is 9.59 Å². The number of nitrogens with one attached hydrogen (secondary N) is 1. The van der Waals surface area contributed by atoms with Crippen LogP contribution in [0.5, 0.6) is 5.75 Å². The predicted octanol–water partition coefficient (Wildman–Crippen LogP) is 5.41. The summed E-state index contributed by atoms with van der Waals surface area (Å²) in [6.07, 6.45) is 9.58. The molecule has 0 heterocycles. The monoisotopic (exact) mass is 403 g/mol. The van der Waals surface area contributed by atoms with Crippen LogP contribution in [0.25, 0.3) is 0 Å². The van der Waals surface area contributed by atoms with Crippen molar-refractivity contribution in [2.45, 2.75) is 64.2 Å². The molecule has 146 valence electrons. The summed E-state index contributed by atoms with van der Waals surface area (Å²) in [7, 11) is 0. The molecule has 26 heavy (non-hydrogen) atoms. The van der Waals surface area contributed by atoms with Gasteiger partial charge in [-0.2, -0.15) is 0 Å². The van der Waals surface area contributed by atoms with Crippen molar-refractivity contribution in [3.8, 4) is 5.75 Å². The zero-order valence-corrected chi connectivity index (χ0v) is 16.4. The third-order valence-electron chi connectivity index (χ3n) is 4.13. The Morgan fingerprint density at radius 1 is 0.885 bits per heavy atom. The second kappa shape index (κ2) is 12.8. The number of hydrogen-bond donors (Lipinski definition) is 3. The Hall–Kier alpha value is -1.46. The quantitative estimate of drug-likeness (QED) is 0.384. The van der Waals surface area contributed by atoms with E-state index in [1.165, 1.54) is 12.1 Å². The van der Waals surface area contributed by atoms with E-state index in [0.29, 0.717) is 11.6 Å². The third-order valence-corrected chi connectivity index (χ3v) is 4.63. The van der Waals surface area contributed by atoms with Gasteiger partial charge in [-0.15, -0.1) is 0 Å². The van der Waals surface area contributed by atoms with E-state index in [0.717, 1.165) is 57.8 Å². The lowest BCUT2D eigenvalue weighted by atomic mass is 10.1. The maximum atomic E-state index is 12.0. The molecule has 0 spiro atoms. The first-order chi connectivity index (χ1) is 12.4. The largest absolute Gasteiger partial charge is 0.506 e. The SMILES string of the molecule is O=C(O)CCCCCCCCCCCNC(=O)c1cc(Cl)cc(Cl)c1O. The van der Waals surface area contributed by atoms with Gasteiger partial charge in [0.15, 0.2) is 0 Å². The van der Waals surface area contributed by atoms with Crippen molar-refractivity contribution in [2.24, 2.45) is 0 Å². The number of benzene rings is 1. The van der Waals surface area contributed by atoms with Crippen LogP contribution in [0.2, 0.25) is 10.0 Å². The highest BCUT2D eigenvalue weighted by Gasteiger charge is 2.14. The van der Waals surface area contributed by atoms with Crippen LogP contribution in [0.1, 0.15) is 74.6 Å². The molecule has 1 rings (SSSR count). The van der Waals surface area contributed by atoms with Crippen LogP contribution in [0.3, 0.4) is 0 Å². The third kappa shape index (κ3) is 9.30. The molecule has 0 atom stereocenters. The van der Waals surface area contributed by atoms with Crippen LogP contribution in [0, 0.1) is 0 Å². The molecular weight excluding hydrogens is 377 g/mol. The number of aliphatic carboxylic acids is 1. The van der Waals surface area contributed by atoms with Crippen molar-refractivity contribution in [1.29, 1.82) is 0 Å². The van der Waals surface area contributed by atoms with Gasteiger partial charge >= 0.3 is 5.97 Å². The van der Waals surface area contributed by atoms with Crippen LogP contribution >= 0.6 is 23.2 Å². The van der Waals surface area contributed by atoms with Crippen molar-refractivity contribution in [1.82, 2.24) is 5.32 Å². The minimum atomic E-state index is -0.717. The topological polar surface area (TPSA) is 86.6 Å². The molecule has 0 saturated heterocycles. The van der Waals surface area contributed by atoms with Gasteiger partial charge in [0.2, 0.25) is 0 Å². The molecule has 0 radical (unpaired) electrons. The van der Waals surface area contributed by atoms with E-state index in [1.54, 1.807) is 0 Å². The van der Waals surface area contributed by atoms with Crippen LogP contribution in [-0.2, 0) is 4.79 Å². The summed E-state index contributed by atoms with van der Waals surface area (Å²) >= 11 is 11.7. The van der Waals surface area contributed by atoms with Gasteiger partial charge in [-0.05, 0) is 25.0 Å². The molecule has 0 aliphatic heterocycles. The summed E-state index contributed by atoms with van der Waals surface area (Å²) in [5.41, 5.74) is 0.0883. The Balaban J connectivity index is 2.04. The first-order valence-electron chi connectivity index (χ1n) is 9.10. The van der Waals surface area contributed by atoms with E-state index < -0.39 is 5.97 Å². The van der Waals surface area contributed by atoms with E-state index in [4.69, 9.17) is 28.3 Å². The number of hydrogen-bond acceptors (Lipinski definition) is 3. The normalized spacial score (nSPS) is 10.7. The van der Waals surface area contributed by atoms with E-state index in [-0.39, 0.29) is 28.7 Å². The fraction of sp³-hybridized carbons (Fsp3) is 0.579. The number of phenols is 1. The van der Waals surface area contributed by atoms with Crippen LogP contribution in [0.15, 0.2) is 12.1 Å². The number of carbonyl (C=O) groups excluding carboxylic acids is 1. The summed E-state index contributed by atoms with van der Waals surface area (Å²) in [5, 5.41) is 21.5. The molecule has 3 N–H and O–H groups in total. The number of unbranched alkanes of at least 4 members (excludes halogenated alkanes) is 8. The van der Waals surface area contributed by atoms with Gasteiger partial charge < -0.3 is 15.5 Å². The minimum absolute atomic E-state index is 0.0608. The molecule has 0 fully saturated rings. The summed E-state index contributed by atoms with van der Waals surface area (Å²) < 4.78 is 0. The lowest BCUT2D eigenvalue weighted by Crippen LogP contribution is -2.24. The number of carboxylic acids is 1. The molecule has 0 saturated carbocycles. The van der Waals surface area contributed by atoms with Crippen molar-refractivity contribution >= 4 is 35.1 Å². The van der Waals surface area contributed by atoms with Gasteiger partial charge in [0.25, 0.3) is 5.91 Å². The minimum Gasteiger partial charge on any atom is -0.506 e. The number of carbonyl (C=O) groups is 2. The Labute approximate surface area is 164 Å². The zero-order valence-electron chi connectivity index (χ0n) is 14.9. The zero-order chi connectivity index (χ0) is 19.4. The summed E-state index contributed by atoms with van der Waals surface area (Å²) in [5.74, 6) is -1.35. The Kier molecular flexibility index (Phi) is 11.1. The first kappa shape index (κ1) is 22.6. The van der Waals surface area contributed by atoms with E-state index in [9.17, 15) is 14.7 Å². The molecular formula is C19H27Cl2NO4. The predicted molar refractivity (Wildman–Crippen MR) is 104 cm³/mol. The molecule has 1 amide bonds. The standard InChI is InChI=1S/C19H27Cl2NO4/c20-14-12-15(18(25)16(21)13-14)19(26)22-11-9-7-5-3-1-2-4-6-8-10-17(23)24/h12-13,25H,1-11H2,(H,22,26)(H,23,24). The second-order valence-corrected chi connectivity index (χ2v) is 7.21. The van der Waals surface area contributed by atoms with Gasteiger partial charge in [-0.25, -0.2) is 0 Å². The highest BCUT2D eigenvalue weighted by molar-refractivity contribution is 6.36. The summed E-state index contributed by atoms with van der Waals surface area (Å²) in [4.78, 5) is 22.4. The number of phenolic OH excluding ortho intramolecular Hbond substituents is 1. The Morgan fingerprint density at radius 2 is 1.42 bits per heavy atom. The summed E-state index contributed by atoms with van der Waals surface area (Å²) in [6, 6.07) is 2.79. The molecule has 0 aliphatic rings. The highest BCUT2D eigenvalue weighted by Crippen LogP contribution is 2.30. The molecule has 0 aliphatic carbocycles. The molecule has 0 aromatic heterocycles. The van der Waals surface area contributed by atoms with Crippen molar-refractivity contribution in [3.05, 3.63) is 27.7 Å². The van der Waals surface area contributed by atoms with Crippen LogP contribution in [-0.4, -0.2) is 28.6 Å². The van der Waals surface area contributed by atoms with E-state index in [2.05, 4.69) is 5.32 Å². The molecule has 7 heteroatoms. The fourth-order valence-electron chi connectivity index (χ4n) is 2.67. The van der Waals surface area contributed by atoms with Crippen molar-refractivity contribution < 1.29 is 19.8 Å². The van der Waals surface area contributed by atoms with Crippen LogP contribution in [0.4, 0.5) is 0 Å². The van der Waals surface area contributed by atoms with Gasteiger partial charge in [-0.1, -0.05) is 68.1 Å². The van der Waals surface area contributed by atoms with E-state index >= 15 is 0 Å². The number of carboxylic acid groups (broad SMARTS) is 1. The summed E-state index contributed by atoms with van der Waals surface area (Å²) in [6.45, 7) is 0.539. The average Bonchev–Trinajstić information content (AvgIpc) is 2.58. The Morgan fingerprint density at radius 3 is 2.00 bits per heavy atom. The Bertz CT molecular complexity index is 593. The maximum absolute atomic E-state index is 12.0. The molecule has 5 nitrogen and oxygen atoms in total. The van der Waals surface area contributed by atoms with Gasteiger partial charge in [0.05, 0.1) is 10.6 Å². The van der Waals surface area contributed by atoms with Crippen LogP contribution < -0.4 is 5.32 Å². The molecule has 1 aromatic carbocycles. The fourth-order valence-corrected chi connectivity index (χ4v) is 3.17. The van der Waals surface area contributed by atoms with Gasteiger partial charge in [0, 0.05) is 18.0 Å². The number of rotatable bonds is 13. The number of amides is 1. The first-order valence-corrected chi connectivity index (χ1v) is 9.85. The number of aromatic hydroxyl groups is 1. The lowest BCUT2D eigenvalue weighted by molar-refractivity contribution is -0.137. The molecule has 0 unspecified atom stereocenters. The molecule has 1 aromatic rings. The number of halogens is 2. The van der Waals surface area contributed by atoms with Crippen molar-refractivity contribution in [3.63, 3.8) is 0 Å². The second-order valence-electron chi connectivity index (χ2n) is 6.37. The smallest absolute Gasteiger partial charge is 0.303 e. The van der Waals surface area contributed by atoms with E-state index in [1.807, 2.05) is 0 Å². The maximum Gasteiger partial charge on any atom is 0.303 e.